The van der Waals surface area contributed by atoms with Crippen LogP contribution in [-0.4, -0.2) is 55.3 Å². The summed E-state index contributed by atoms with van der Waals surface area (Å²) >= 11 is 0.758. The second kappa shape index (κ2) is 7.11. The molecule has 0 unspecified atom stereocenters. The van der Waals surface area contributed by atoms with Gasteiger partial charge in [0.2, 0.25) is 11.8 Å². The van der Waals surface area contributed by atoms with E-state index in [1.807, 2.05) is 30.3 Å². The SMILES string of the molecule is Nc1nc(OCc2ccccc2)c2sc(=O)n([C@@]3(O)CO[C@H](CO)[C@H]3O)c2n1. The molecule has 10 nitrogen and oxygen atoms in total. The van der Waals surface area contributed by atoms with Gasteiger partial charge in [-0.2, -0.15) is 9.97 Å². The van der Waals surface area contributed by atoms with E-state index in [9.17, 15) is 20.1 Å². The number of hydrogen-bond acceptors (Lipinski definition) is 10. The van der Waals surface area contributed by atoms with Gasteiger partial charge < -0.3 is 30.5 Å². The predicted molar refractivity (Wildman–Crippen MR) is 99.9 cm³/mol. The van der Waals surface area contributed by atoms with Crippen LogP contribution >= 0.6 is 11.3 Å². The third-order valence-corrected chi connectivity index (χ3v) is 5.46. The number of nitrogens with zero attached hydrogens (tertiary/aromatic N) is 3. The third-order valence-electron chi connectivity index (χ3n) is 4.54. The van der Waals surface area contributed by atoms with E-state index >= 15 is 0 Å². The monoisotopic (exact) mass is 406 g/mol. The first-order chi connectivity index (χ1) is 13.4. The molecule has 0 aliphatic carbocycles. The van der Waals surface area contributed by atoms with Crippen molar-refractivity contribution in [1.29, 1.82) is 0 Å². The van der Waals surface area contributed by atoms with Gasteiger partial charge in [0.1, 0.15) is 23.5 Å². The van der Waals surface area contributed by atoms with Crippen LogP contribution in [0.1, 0.15) is 5.56 Å². The van der Waals surface area contributed by atoms with E-state index in [-0.39, 0.29) is 28.8 Å². The van der Waals surface area contributed by atoms with Crippen LogP contribution in [0.4, 0.5) is 5.95 Å². The smallest absolute Gasteiger partial charge is 0.312 e. The molecule has 3 heterocycles. The molecule has 0 amide bonds. The minimum absolute atomic E-state index is 0.0225. The minimum Gasteiger partial charge on any atom is -0.472 e. The lowest BCUT2D eigenvalue weighted by Crippen LogP contribution is -2.50. The summed E-state index contributed by atoms with van der Waals surface area (Å²) in [6.45, 7) is -0.709. The van der Waals surface area contributed by atoms with E-state index < -0.39 is 36.0 Å². The summed E-state index contributed by atoms with van der Waals surface area (Å²) in [7, 11) is 0. The Balaban J connectivity index is 1.77. The molecule has 11 heteroatoms. The topological polar surface area (TPSA) is 153 Å². The molecule has 148 valence electrons. The van der Waals surface area contributed by atoms with Gasteiger partial charge in [0.15, 0.2) is 11.4 Å². The largest absolute Gasteiger partial charge is 0.472 e. The molecule has 1 aliphatic rings. The summed E-state index contributed by atoms with van der Waals surface area (Å²) in [6, 6.07) is 9.36. The molecule has 0 bridgehead atoms. The first-order valence-electron chi connectivity index (χ1n) is 8.43. The molecule has 4 rings (SSSR count). The lowest BCUT2D eigenvalue weighted by molar-refractivity contribution is -0.111. The highest BCUT2D eigenvalue weighted by Gasteiger charge is 2.51. The number of anilines is 1. The number of thiazole rings is 1. The molecular weight excluding hydrogens is 388 g/mol. The molecule has 2 aromatic heterocycles. The molecule has 0 saturated carbocycles. The van der Waals surface area contributed by atoms with Gasteiger partial charge in [-0.25, -0.2) is 4.57 Å². The Hall–Kier alpha value is -2.57. The number of nitrogen functional groups attached to an aromatic ring is 1. The zero-order chi connectivity index (χ0) is 19.9. The zero-order valence-electron chi connectivity index (χ0n) is 14.6. The fourth-order valence-corrected chi connectivity index (χ4v) is 4.04. The molecule has 1 fully saturated rings. The van der Waals surface area contributed by atoms with Gasteiger partial charge in [0.25, 0.3) is 0 Å². The summed E-state index contributed by atoms with van der Waals surface area (Å²) in [5, 5.41) is 30.6. The van der Waals surface area contributed by atoms with E-state index in [0.717, 1.165) is 21.5 Å². The van der Waals surface area contributed by atoms with E-state index in [4.69, 9.17) is 15.2 Å². The molecule has 1 aliphatic heterocycles. The molecule has 3 aromatic rings. The second-order valence-electron chi connectivity index (χ2n) is 6.37. The van der Waals surface area contributed by atoms with Crippen molar-refractivity contribution in [3.63, 3.8) is 0 Å². The van der Waals surface area contributed by atoms with E-state index in [0.29, 0.717) is 0 Å². The Labute approximate surface area is 162 Å². The van der Waals surface area contributed by atoms with E-state index in [1.165, 1.54) is 0 Å². The van der Waals surface area contributed by atoms with Gasteiger partial charge in [0.05, 0.1) is 13.2 Å². The summed E-state index contributed by atoms with van der Waals surface area (Å²) < 4.78 is 12.1. The maximum atomic E-state index is 12.6. The quantitative estimate of drug-likeness (QED) is 0.435. The van der Waals surface area contributed by atoms with Crippen molar-refractivity contribution in [2.24, 2.45) is 0 Å². The van der Waals surface area contributed by atoms with Crippen molar-refractivity contribution in [2.45, 2.75) is 24.5 Å². The van der Waals surface area contributed by atoms with Crippen molar-refractivity contribution in [3.05, 3.63) is 45.6 Å². The number of aliphatic hydroxyl groups excluding tert-OH is 2. The van der Waals surface area contributed by atoms with Crippen LogP contribution < -0.4 is 15.3 Å². The molecular formula is C17H18N4O6S. The first-order valence-corrected chi connectivity index (χ1v) is 9.25. The number of aliphatic hydroxyl groups is 3. The number of aromatic nitrogens is 3. The Morgan fingerprint density at radius 1 is 1.36 bits per heavy atom. The highest BCUT2D eigenvalue weighted by molar-refractivity contribution is 7.16. The van der Waals surface area contributed by atoms with Gasteiger partial charge in [0, 0.05) is 0 Å². The van der Waals surface area contributed by atoms with Crippen LogP contribution in [0.25, 0.3) is 10.3 Å². The molecule has 0 spiro atoms. The number of fused-ring (bicyclic) bond motifs is 1. The van der Waals surface area contributed by atoms with Crippen molar-refractivity contribution in [3.8, 4) is 5.88 Å². The number of ether oxygens (including phenoxy) is 2. The van der Waals surface area contributed by atoms with Crippen LogP contribution in [0.3, 0.4) is 0 Å². The minimum atomic E-state index is -2.10. The highest BCUT2D eigenvalue weighted by Crippen LogP contribution is 2.34. The molecule has 3 atom stereocenters. The lowest BCUT2D eigenvalue weighted by atomic mass is 10.1. The fraction of sp³-hybridized carbons (Fsp3) is 0.353. The normalized spacial score (nSPS) is 24.7. The number of benzene rings is 1. The van der Waals surface area contributed by atoms with Crippen LogP contribution in [0.15, 0.2) is 35.1 Å². The van der Waals surface area contributed by atoms with Crippen LogP contribution in [-0.2, 0) is 17.1 Å². The van der Waals surface area contributed by atoms with Crippen molar-refractivity contribution >= 4 is 27.6 Å². The summed E-state index contributed by atoms with van der Waals surface area (Å²) in [5.74, 6) is -0.0549. The van der Waals surface area contributed by atoms with Crippen LogP contribution in [0, 0.1) is 0 Å². The Morgan fingerprint density at radius 3 is 2.79 bits per heavy atom. The average Bonchev–Trinajstić information content (AvgIpc) is 3.17. The summed E-state index contributed by atoms with van der Waals surface area (Å²) in [6.07, 6.45) is -2.56. The fourth-order valence-electron chi connectivity index (χ4n) is 3.11. The van der Waals surface area contributed by atoms with Gasteiger partial charge in [-0.3, -0.25) is 4.79 Å². The summed E-state index contributed by atoms with van der Waals surface area (Å²) in [4.78, 5) is 20.2. The maximum absolute atomic E-state index is 12.6. The van der Waals surface area contributed by atoms with E-state index in [1.54, 1.807) is 0 Å². The van der Waals surface area contributed by atoms with Gasteiger partial charge >= 0.3 is 4.87 Å². The lowest BCUT2D eigenvalue weighted by Gasteiger charge is -2.27. The second-order valence-corrected chi connectivity index (χ2v) is 7.33. The van der Waals surface area contributed by atoms with Gasteiger partial charge in [-0.15, -0.1) is 0 Å². The van der Waals surface area contributed by atoms with E-state index in [2.05, 4.69) is 9.97 Å². The standard InChI is InChI=1S/C17H18N4O6S/c18-15-19-13-11(14(20-15)26-7-9-4-2-1-3-5-9)28-16(24)21(13)17(25)8-27-10(6-22)12(17)23/h1-5,10,12,22-23,25H,6-8H2,(H2,18,19,20)/t10-,12-,17-/m1/s1. The Morgan fingerprint density at radius 2 is 2.11 bits per heavy atom. The first kappa shape index (κ1) is 18.8. The summed E-state index contributed by atoms with van der Waals surface area (Å²) in [5.41, 5.74) is 4.59. The average molecular weight is 406 g/mol. The van der Waals surface area contributed by atoms with Crippen LogP contribution in [0.2, 0.25) is 0 Å². The molecule has 0 radical (unpaired) electrons. The third kappa shape index (κ3) is 3.02. The van der Waals surface area contributed by atoms with Crippen molar-refractivity contribution < 1.29 is 24.8 Å². The van der Waals surface area contributed by atoms with Crippen molar-refractivity contribution in [2.75, 3.05) is 18.9 Å². The van der Waals surface area contributed by atoms with Crippen molar-refractivity contribution in [1.82, 2.24) is 14.5 Å². The molecule has 5 N–H and O–H groups in total. The maximum Gasteiger partial charge on any atom is 0.312 e. The molecule has 28 heavy (non-hydrogen) atoms. The number of nitrogens with two attached hydrogens (primary N) is 1. The van der Waals surface area contributed by atoms with Gasteiger partial charge in [-0.1, -0.05) is 41.7 Å². The predicted octanol–water partition coefficient (Wildman–Crippen LogP) is -0.589. The molecule has 1 aromatic carbocycles. The highest BCUT2D eigenvalue weighted by atomic mass is 32.1. The Bertz CT molecular complexity index is 1050. The Kier molecular flexibility index (Phi) is 4.77. The zero-order valence-corrected chi connectivity index (χ0v) is 15.4. The molecule has 1 saturated heterocycles. The van der Waals surface area contributed by atoms with Gasteiger partial charge in [-0.05, 0) is 5.56 Å². The van der Waals surface area contributed by atoms with Crippen LogP contribution in [0.5, 0.6) is 5.88 Å². The number of hydrogen-bond donors (Lipinski definition) is 4. The number of rotatable bonds is 5.